The van der Waals surface area contributed by atoms with Crippen LogP contribution in [0.15, 0.2) is 85.1 Å². The van der Waals surface area contributed by atoms with Crippen molar-refractivity contribution in [2.45, 2.75) is 64.0 Å². The predicted octanol–water partition coefficient (Wildman–Crippen LogP) is 6.55. The number of imide groups is 1. The van der Waals surface area contributed by atoms with Crippen LogP contribution >= 0.6 is 0 Å². The van der Waals surface area contributed by atoms with Crippen molar-refractivity contribution in [3.05, 3.63) is 102 Å². The number of amides is 5. The number of likely N-dealkylation sites (tertiary alicyclic amines) is 1. The lowest BCUT2D eigenvalue weighted by Crippen LogP contribution is -2.51. The predicted molar refractivity (Wildman–Crippen MR) is 255 cm³/mol. The van der Waals surface area contributed by atoms with Crippen molar-refractivity contribution >= 4 is 63.3 Å². The molecule has 3 aromatic carbocycles. The van der Waals surface area contributed by atoms with Gasteiger partial charge in [-0.05, 0) is 143 Å². The van der Waals surface area contributed by atoms with Crippen LogP contribution in [-0.2, 0) is 30.5 Å². The fourth-order valence-corrected chi connectivity index (χ4v) is 9.55. The molecule has 5 amide bonds. The van der Waals surface area contributed by atoms with Gasteiger partial charge in [-0.2, -0.15) is 4.39 Å². The fraction of sp³-hybridized carbons (Fsp3) is 0.392. The number of rotatable bonds is 15. The van der Waals surface area contributed by atoms with Gasteiger partial charge in [-0.1, -0.05) is 0 Å². The van der Waals surface area contributed by atoms with Gasteiger partial charge in [0.1, 0.15) is 40.3 Å². The number of benzene rings is 3. The Labute approximate surface area is 398 Å². The van der Waals surface area contributed by atoms with Crippen molar-refractivity contribution in [1.82, 2.24) is 25.5 Å². The second kappa shape index (κ2) is 20.2. The number of hydrogen-bond acceptors (Lipinski definition) is 12. The highest BCUT2D eigenvalue weighted by Gasteiger charge is 2.56. The SMILES string of the molecule is COc1cc2c(Oc3ccc(NC(=O)C4(C(=O)Nc5ccc(F)cc5)CC4)cc3)ccnc2cc1CNC(=O)C1CCN(CC2CCN(c3ccc(N(C)C4CCC(=O)NC4=O)nc3F)CC2)CC1. The average molecular weight is 944 g/mol. The molecule has 3 aliphatic heterocycles. The van der Waals surface area contributed by atoms with E-state index in [0.717, 1.165) is 50.9 Å². The summed E-state index contributed by atoms with van der Waals surface area (Å²) in [6.07, 6.45) is 6.38. The molecule has 0 bridgehead atoms. The maximum absolute atomic E-state index is 15.3. The van der Waals surface area contributed by atoms with Crippen LogP contribution < -0.4 is 40.5 Å². The Balaban J connectivity index is 0.723. The molecule has 5 heterocycles. The number of likely N-dealkylation sites (N-methyl/N-ethyl adjacent to an activating group) is 1. The number of carbonyl (C=O) groups is 5. The molecule has 16 nitrogen and oxygen atoms in total. The summed E-state index contributed by atoms with van der Waals surface area (Å²) >= 11 is 0. The number of nitrogens with one attached hydrogen (secondary N) is 4. The number of nitrogens with zero attached hydrogens (tertiary/aromatic N) is 5. The Morgan fingerprint density at radius 3 is 2.16 bits per heavy atom. The van der Waals surface area contributed by atoms with Gasteiger partial charge in [-0.15, -0.1) is 0 Å². The Morgan fingerprint density at radius 2 is 1.52 bits per heavy atom. The molecule has 5 aromatic rings. The van der Waals surface area contributed by atoms with Gasteiger partial charge in [-0.3, -0.25) is 34.3 Å². The van der Waals surface area contributed by atoms with Crippen molar-refractivity contribution in [3.63, 3.8) is 0 Å². The quantitative estimate of drug-likeness (QED) is 0.0505. The summed E-state index contributed by atoms with van der Waals surface area (Å²) in [6.45, 7) is 4.25. The second-order valence-corrected chi connectivity index (χ2v) is 18.4. The van der Waals surface area contributed by atoms with Crippen LogP contribution in [-0.4, -0.2) is 97.3 Å². The number of hydrogen-bond donors (Lipinski definition) is 4. The van der Waals surface area contributed by atoms with E-state index in [4.69, 9.17) is 9.47 Å². The maximum Gasteiger partial charge on any atom is 0.249 e. The first-order valence-corrected chi connectivity index (χ1v) is 23.5. The normalized spacial score (nSPS) is 18.6. The average Bonchev–Trinajstić information content (AvgIpc) is 4.18. The highest BCUT2D eigenvalue weighted by Crippen LogP contribution is 2.47. The van der Waals surface area contributed by atoms with Gasteiger partial charge in [0.2, 0.25) is 35.5 Å². The molecule has 3 saturated heterocycles. The molecule has 4 N–H and O–H groups in total. The first-order valence-electron chi connectivity index (χ1n) is 23.5. The standard InChI is InChI=1S/C51H55F2N9O7/c1-60(41-12-14-45(63)59-48(41)65)44-13-11-40(46(53)58-44)62-25-16-31(17-26-62)30-61-23-18-32(19-24-61)47(64)55-29-33-27-39-38(28-43(33)68-2)42(15-22-54-39)69-37-9-7-36(8-10-37)57-50(67)51(20-21-51)49(66)56-35-5-3-34(52)4-6-35/h3-11,13,15,22,27-28,31-32,41H,12,14,16-21,23-26,29-30H2,1-2H3,(H,55,64)(H,56,66)(H,57,67)(H,59,63,65). The molecule has 1 aliphatic carbocycles. The lowest BCUT2D eigenvalue weighted by Gasteiger charge is -2.38. The van der Waals surface area contributed by atoms with E-state index >= 15 is 4.39 Å². The Morgan fingerprint density at radius 1 is 0.841 bits per heavy atom. The number of pyridine rings is 2. The number of piperidine rings is 3. The summed E-state index contributed by atoms with van der Waals surface area (Å²) in [4.78, 5) is 78.4. The van der Waals surface area contributed by atoms with Crippen molar-refractivity contribution in [2.24, 2.45) is 17.3 Å². The highest BCUT2D eigenvalue weighted by molar-refractivity contribution is 6.17. The second-order valence-electron chi connectivity index (χ2n) is 18.4. The van der Waals surface area contributed by atoms with Crippen molar-refractivity contribution in [2.75, 3.05) is 67.3 Å². The van der Waals surface area contributed by atoms with Gasteiger partial charge in [0.15, 0.2) is 0 Å². The zero-order chi connectivity index (χ0) is 48.2. The molecular formula is C51H55F2N9O7. The molecule has 4 fully saturated rings. The van der Waals surface area contributed by atoms with Crippen LogP contribution in [0.25, 0.3) is 10.9 Å². The number of methoxy groups -OCH3 is 1. The first-order chi connectivity index (χ1) is 33.3. The van der Waals surface area contributed by atoms with E-state index in [1.165, 1.54) is 24.3 Å². The monoisotopic (exact) mass is 943 g/mol. The number of ether oxygens (including phenoxy) is 2. The van der Waals surface area contributed by atoms with E-state index in [-0.39, 0.29) is 30.7 Å². The summed E-state index contributed by atoms with van der Waals surface area (Å²) in [7, 11) is 3.26. The van der Waals surface area contributed by atoms with Gasteiger partial charge in [0.25, 0.3) is 0 Å². The third-order valence-electron chi connectivity index (χ3n) is 13.9. The molecule has 1 atom stereocenters. The summed E-state index contributed by atoms with van der Waals surface area (Å²) in [5.41, 5.74) is 1.60. The number of carbonyl (C=O) groups excluding carboxylic acids is 5. The van der Waals surface area contributed by atoms with Gasteiger partial charge in [-0.25, -0.2) is 9.37 Å². The third-order valence-corrected chi connectivity index (χ3v) is 13.9. The molecular weight excluding hydrogens is 889 g/mol. The summed E-state index contributed by atoms with van der Waals surface area (Å²) in [6, 6.07) is 20.6. The first kappa shape index (κ1) is 46.9. The molecule has 69 heavy (non-hydrogen) atoms. The molecule has 0 radical (unpaired) electrons. The van der Waals surface area contributed by atoms with E-state index in [9.17, 15) is 28.4 Å². The Kier molecular flexibility index (Phi) is 13.7. The Hall–Kier alpha value is -7.21. The third kappa shape index (κ3) is 10.6. The van der Waals surface area contributed by atoms with E-state index in [1.807, 2.05) is 17.0 Å². The van der Waals surface area contributed by atoms with Crippen LogP contribution in [0.5, 0.6) is 17.2 Å². The molecule has 18 heteroatoms. The molecule has 1 saturated carbocycles. The maximum atomic E-state index is 15.3. The number of anilines is 4. The van der Waals surface area contributed by atoms with E-state index in [0.29, 0.717) is 89.3 Å². The minimum Gasteiger partial charge on any atom is -0.496 e. The molecule has 1 unspecified atom stereocenters. The van der Waals surface area contributed by atoms with Crippen LogP contribution in [0.4, 0.5) is 31.7 Å². The van der Waals surface area contributed by atoms with Gasteiger partial charge in [0, 0.05) is 74.1 Å². The van der Waals surface area contributed by atoms with Crippen LogP contribution in [0, 0.1) is 29.0 Å². The molecule has 9 rings (SSSR count). The van der Waals surface area contributed by atoms with E-state index in [2.05, 4.69) is 36.1 Å². The highest BCUT2D eigenvalue weighted by atomic mass is 19.1. The number of halogens is 2. The lowest BCUT2D eigenvalue weighted by molar-refractivity contribution is -0.134. The topological polar surface area (TPSA) is 187 Å². The zero-order valence-corrected chi connectivity index (χ0v) is 38.6. The van der Waals surface area contributed by atoms with Crippen LogP contribution in [0.3, 0.4) is 0 Å². The molecule has 360 valence electrons. The van der Waals surface area contributed by atoms with E-state index in [1.54, 1.807) is 67.7 Å². The van der Waals surface area contributed by atoms with Crippen molar-refractivity contribution < 1.29 is 42.2 Å². The molecule has 2 aromatic heterocycles. The fourth-order valence-electron chi connectivity index (χ4n) is 9.55. The van der Waals surface area contributed by atoms with Gasteiger partial charge >= 0.3 is 0 Å². The smallest absolute Gasteiger partial charge is 0.249 e. The van der Waals surface area contributed by atoms with E-state index < -0.39 is 40.9 Å². The number of fused-ring (bicyclic) bond motifs is 1. The van der Waals surface area contributed by atoms with Crippen molar-refractivity contribution in [1.29, 1.82) is 0 Å². The minimum atomic E-state index is -1.19. The minimum absolute atomic E-state index is 0.000286. The van der Waals surface area contributed by atoms with Gasteiger partial charge < -0.3 is 40.1 Å². The molecule has 0 spiro atoms. The summed E-state index contributed by atoms with van der Waals surface area (Å²) < 4.78 is 40.7. The lowest BCUT2D eigenvalue weighted by atomic mass is 9.92. The Bertz CT molecular complexity index is 2740. The summed E-state index contributed by atoms with van der Waals surface area (Å²) in [5, 5.41) is 11.7. The molecule has 4 aliphatic rings. The summed E-state index contributed by atoms with van der Waals surface area (Å²) in [5.74, 6) is -0.239. The van der Waals surface area contributed by atoms with Crippen LogP contribution in [0.2, 0.25) is 0 Å². The van der Waals surface area contributed by atoms with Crippen molar-refractivity contribution in [3.8, 4) is 17.2 Å². The number of aromatic nitrogens is 2. The van der Waals surface area contributed by atoms with Gasteiger partial charge in [0.05, 0.1) is 18.3 Å². The largest absolute Gasteiger partial charge is 0.496 e. The zero-order valence-electron chi connectivity index (χ0n) is 38.6. The van der Waals surface area contributed by atoms with Crippen LogP contribution in [0.1, 0.15) is 56.9 Å².